The fraction of sp³-hybridized carbons (Fsp3) is 0.368. The molecule has 0 aliphatic rings. The van der Waals surface area contributed by atoms with Crippen molar-refractivity contribution in [1.29, 1.82) is 0 Å². The van der Waals surface area contributed by atoms with Gasteiger partial charge in [-0.25, -0.2) is 0 Å². The Morgan fingerprint density at radius 2 is 1.70 bits per heavy atom. The molecule has 0 radical (unpaired) electrons. The Labute approximate surface area is 138 Å². The third-order valence-electron chi connectivity index (χ3n) is 3.59. The summed E-state index contributed by atoms with van der Waals surface area (Å²) >= 11 is 0. The van der Waals surface area contributed by atoms with Crippen molar-refractivity contribution >= 4 is 17.3 Å². The molecule has 0 spiro atoms. The molecule has 0 aliphatic carbocycles. The highest BCUT2D eigenvalue weighted by molar-refractivity contribution is 5.93. The lowest BCUT2D eigenvalue weighted by Gasteiger charge is -2.21. The second-order valence-electron chi connectivity index (χ2n) is 5.71. The first-order valence-corrected chi connectivity index (χ1v) is 8.23. The number of hydrogen-bond acceptors (Lipinski definition) is 3. The quantitative estimate of drug-likeness (QED) is 0.824. The first-order valence-electron chi connectivity index (χ1n) is 8.23. The molecule has 0 saturated carbocycles. The zero-order valence-electron chi connectivity index (χ0n) is 14.2. The zero-order valence-corrected chi connectivity index (χ0v) is 14.2. The molecule has 1 aromatic heterocycles. The van der Waals surface area contributed by atoms with Crippen molar-refractivity contribution in [1.82, 2.24) is 9.88 Å². The maximum absolute atomic E-state index is 12.6. The van der Waals surface area contributed by atoms with Gasteiger partial charge in [0.2, 0.25) is 0 Å². The normalized spacial score (nSPS) is 10.4. The minimum Gasteiger partial charge on any atom is -0.355 e. The van der Waals surface area contributed by atoms with Gasteiger partial charge in [0, 0.05) is 30.7 Å². The molecule has 1 heterocycles. The Hall–Kier alpha value is -2.36. The molecule has 1 amide bonds. The molecule has 0 aliphatic heterocycles. The van der Waals surface area contributed by atoms with Crippen molar-refractivity contribution in [2.45, 2.75) is 33.6 Å². The van der Waals surface area contributed by atoms with Crippen molar-refractivity contribution in [3.63, 3.8) is 0 Å². The third kappa shape index (κ3) is 4.81. The summed E-state index contributed by atoms with van der Waals surface area (Å²) in [5.74, 6) is 0.00116. The first kappa shape index (κ1) is 17.0. The monoisotopic (exact) mass is 311 g/mol. The highest BCUT2D eigenvalue weighted by Crippen LogP contribution is 2.18. The molecule has 1 aromatic carbocycles. The summed E-state index contributed by atoms with van der Waals surface area (Å²) in [4.78, 5) is 18.7. The van der Waals surface area contributed by atoms with Crippen LogP contribution in [0.2, 0.25) is 0 Å². The Morgan fingerprint density at radius 1 is 1.04 bits per heavy atom. The highest BCUT2D eigenvalue weighted by Gasteiger charge is 2.15. The van der Waals surface area contributed by atoms with Crippen LogP contribution in [0, 0.1) is 6.92 Å². The number of nitrogens with zero attached hydrogens (tertiary/aromatic N) is 2. The Balaban J connectivity index is 2.14. The molecule has 122 valence electrons. The average Bonchev–Trinajstić information content (AvgIpc) is 2.56. The zero-order chi connectivity index (χ0) is 16.7. The standard InChI is InChI=1S/C19H25N3O/c1-4-12-22(13-5-2)19(23)18-14-17(10-11-20-18)21-16-8-6-15(3)7-9-16/h6-11,14H,4-5,12-13H2,1-3H3,(H,20,21). The van der Waals surface area contributed by atoms with E-state index in [1.54, 1.807) is 6.20 Å². The molecule has 0 fully saturated rings. The largest absolute Gasteiger partial charge is 0.355 e. The second kappa shape index (κ2) is 8.32. The third-order valence-corrected chi connectivity index (χ3v) is 3.59. The number of anilines is 2. The Kier molecular flexibility index (Phi) is 6.15. The number of amides is 1. The lowest BCUT2D eigenvalue weighted by molar-refractivity contribution is 0.0749. The number of carbonyl (C=O) groups excluding carboxylic acids is 1. The second-order valence-corrected chi connectivity index (χ2v) is 5.71. The Bertz CT molecular complexity index is 631. The SMILES string of the molecule is CCCN(CCC)C(=O)c1cc(Nc2ccc(C)cc2)ccn1. The molecule has 23 heavy (non-hydrogen) atoms. The average molecular weight is 311 g/mol. The van der Waals surface area contributed by atoms with Crippen molar-refractivity contribution in [3.05, 3.63) is 53.9 Å². The van der Waals surface area contributed by atoms with Crippen LogP contribution in [0.5, 0.6) is 0 Å². The number of rotatable bonds is 7. The van der Waals surface area contributed by atoms with Gasteiger partial charge in [0.15, 0.2) is 0 Å². The molecule has 0 unspecified atom stereocenters. The van der Waals surface area contributed by atoms with E-state index in [0.717, 1.165) is 37.3 Å². The van der Waals surface area contributed by atoms with Crippen LogP contribution in [0.1, 0.15) is 42.7 Å². The number of aromatic nitrogens is 1. The van der Waals surface area contributed by atoms with Gasteiger partial charge in [0.1, 0.15) is 5.69 Å². The van der Waals surface area contributed by atoms with Gasteiger partial charge in [0.05, 0.1) is 0 Å². The number of benzene rings is 1. The number of nitrogens with one attached hydrogen (secondary N) is 1. The maximum atomic E-state index is 12.6. The van der Waals surface area contributed by atoms with E-state index in [1.165, 1.54) is 5.56 Å². The van der Waals surface area contributed by atoms with E-state index in [9.17, 15) is 4.79 Å². The molecule has 0 atom stereocenters. The Morgan fingerprint density at radius 3 is 2.30 bits per heavy atom. The first-order chi connectivity index (χ1) is 11.1. The molecule has 2 aromatic rings. The number of carbonyl (C=O) groups is 1. The van der Waals surface area contributed by atoms with Crippen LogP contribution in [-0.2, 0) is 0 Å². The summed E-state index contributed by atoms with van der Waals surface area (Å²) in [7, 11) is 0. The van der Waals surface area contributed by atoms with Gasteiger partial charge in [-0.05, 0) is 44.0 Å². The van der Waals surface area contributed by atoms with Crippen LogP contribution >= 0.6 is 0 Å². The summed E-state index contributed by atoms with van der Waals surface area (Å²) in [6, 6.07) is 11.9. The van der Waals surface area contributed by atoms with Gasteiger partial charge in [-0.15, -0.1) is 0 Å². The van der Waals surface area contributed by atoms with E-state index in [1.807, 2.05) is 29.2 Å². The lowest BCUT2D eigenvalue weighted by atomic mass is 10.2. The predicted molar refractivity (Wildman–Crippen MR) is 95.2 cm³/mol. The van der Waals surface area contributed by atoms with Crippen LogP contribution in [0.3, 0.4) is 0 Å². The van der Waals surface area contributed by atoms with E-state index in [-0.39, 0.29) is 5.91 Å². The molecule has 2 rings (SSSR count). The predicted octanol–water partition coefficient (Wildman–Crippen LogP) is 4.40. The van der Waals surface area contributed by atoms with Crippen molar-refractivity contribution in [3.8, 4) is 0 Å². The molecule has 0 bridgehead atoms. The van der Waals surface area contributed by atoms with Gasteiger partial charge in [0.25, 0.3) is 5.91 Å². The lowest BCUT2D eigenvalue weighted by Crippen LogP contribution is -2.33. The number of aryl methyl sites for hydroxylation is 1. The van der Waals surface area contributed by atoms with E-state index in [2.05, 4.69) is 43.2 Å². The smallest absolute Gasteiger partial charge is 0.272 e. The minimum absolute atomic E-state index is 0.00116. The molecule has 0 saturated heterocycles. The van der Waals surface area contributed by atoms with Crippen molar-refractivity contribution in [2.75, 3.05) is 18.4 Å². The van der Waals surface area contributed by atoms with Gasteiger partial charge in [-0.1, -0.05) is 31.5 Å². The minimum atomic E-state index is 0.00116. The van der Waals surface area contributed by atoms with Crippen LogP contribution in [-0.4, -0.2) is 28.9 Å². The highest BCUT2D eigenvalue weighted by atomic mass is 16.2. The van der Waals surface area contributed by atoms with Crippen LogP contribution in [0.25, 0.3) is 0 Å². The molecular formula is C19H25N3O. The van der Waals surface area contributed by atoms with Crippen LogP contribution in [0.15, 0.2) is 42.6 Å². The molecular weight excluding hydrogens is 286 g/mol. The summed E-state index contributed by atoms with van der Waals surface area (Å²) in [6.45, 7) is 7.76. The van der Waals surface area contributed by atoms with E-state index < -0.39 is 0 Å². The molecule has 4 nitrogen and oxygen atoms in total. The van der Waals surface area contributed by atoms with Crippen molar-refractivity contribution in [2.24, 2.45) is 0 Å². The van der Waals surface area contributed by atoms with Gasteiger partial charge >= 0.3 is 0 Å². The summed E-state index contributed by atoms with van der Waals surface area (Å²) < 4.78 is 0. The van der Waals surface area contributed by atoms with Crippen LogP contribution < -0.4 is 5.32 Å². The van der Waals surface area contributed by atoms with E-state index in [4.69, 9.17) is 0 Å². The van der Waals surface area contributed by atoms with Crippen LogP contribution in [0.4, 0.5) is 11.4 Å². The topological polar surface area (TPSA) is 45.2 Å². The van der Waals surface area contributed by atoms with Gasteiger partial charge < -0.3 is 10.2 Å². The summed E-state index contributed by atoms with van der Waals surface area (Å²) in [6.07, 6.45) is 3.58. The summed E-state index contributed by atoms with van der Waals surface area (Å²) in [5, 5.41) is 3.32. The fourth-order valence-electron chi connectivity index (χ4n) is 2.45. The molecule has 4 heteroatoms. The number of pyridine rings is 1. The van der Waals surface area contributed by atoms with Gasteiger partial charge in [-0.3, -0.25) is 9.78 Å². The van der Waals surface area contributed by atoms with Crippen molar-refractivity contribution < 1.29 is 4.79 Å². The van der Waals surface area contributed by atoms with Gasteiger partial charge in [-0.2, -0.15) is 0 Å². The maximum Gasteiger partial charge on any atom is 0.272 e. The fourth-order valence-corrected chi connectivity index (χ4v) is 2.45. The molecule has 1 N–H and O–H groups in total. The van der Waals surface area contributed by atoms with E-state index in [0.29, 0.717) is 5.69 Å². The number of hydrogen-bond donors (Lipinski definition) is 1. The summed E-state index contributed by atoms with van der Waals surface area (Å²) in [5.41, 5.74) is 3.58. The van der Waals surface area contributed by atoms with E-state index >= 15 is 0 Å².